The summed E-state index contributed by atoms with van der Waals surface area (Å²) in [6.45, 7) is 0.653. The number of ether oxygens (including phenoxy) is 1. The first kappa shape index (κ1) is 18.3. The van der Waals surface area contributed by atoms with Crippen LogP contribution in [0.5, 0.6) is 0 Å². The molecule has 1 aromatic heterocycles. The Balaban J connectivity index is 1.60. The highest BCUT2D eigenvalue weighted by atomic mass is 19.1. The third-order valence-electron chi connectivity index (χ3n) is 3.83. The highest BCUT2D eigenvalue weighted by Gasteiger charge is 2.07. The van der Waals surface area contributed by atoms with Gasteiger partial charge in [0.25, 0.3) is 0 Å². The summed E-state index contributed by atoms with van der Waals surface area (Å²) < 4.78 is 17.6. The topological polar surface area (TPSA) is 76.1 Å². The molecule has 7 heteroatoms. The van der Waals surface area contributed by atoms with Crippen LogP contribution in [-0.4, -0.2) is 29.6 Å². The summed E-state index contributed by atoms with van der Waals surface area (Å²) in [5.74, 6) is 0.424. The summed E-state index contributed by atoms with van der Waals surface area (Å²) in [5.41, 5.74) is 2.16. The second-order valence-corrected chi connectivity index (χ2v) is 5.77. The van der Waals surface area contributed by atoms with Gasteiger partial charge in [-0.25, -0.2) is 14.2 Å². The second-order valence-electron chi connectivity index (χ2n) is 5.77. The summed E-state index contributed by atoms with van der Waals surface area (Å²) in [4.78, 5) is 20.2. The minimum atomic E-state index is -0.407. The molecule has 2 aromatic carbocycles. The molecule has 27 heavy (non-hydrogen) atoms. The molecule has 138 valence electrons. The number of esters is 1. The third kappa shape index (κ3) is 5.24. The highest BCUT2D eigenvalue weighted by Crippen LogP contribution is 2.16. The van der Waals surface area contributed by atoms with E-state index in [2.05, 4.69) is 20.6 Å². The van der Waals surface area contributed by atoms with Crippen LogP contribution in [0.3, 0.4) is 0 Å². The normalized spacial score (nSPS) is 10.3. The van der Waals surface area contributed by atoms with Crippen LogP contribution in [0.4, 0.5) is 21.8 Å². The molecule has 0 aliphatic carbocycles. The van der Waals surface area contributed by atoms with Crippen LogP contribution in [0.15, 0.2) is 60.8 Å². The van der Waals surface area contributed by atoms with Gasteiger partial charge < -0.3 is 15.4 Å². The summed E-state index contributed by atoms with van der Waals surface area (Å²) >= 11 is 0. The van der Waals surface area contributed by atoms with Crippen LogP contribution in [0.25, 0.3) is 0 Å². The van der Waals surface area contributed by atoms with Gasteiger partial charge in [0.1, 0.15) is 11.6 Å². The third-order valence-corrected chi connectivity index (χ3v) is 3.83. The van der Waals surface area contributed by atoms with E-state index in [1.54, 1.807) is 42.6 Å². The Morgan fingerprint density at radius 3 is 2.74 bits per heavy atom. The van der Waals surface area contributed by atoms with Crippen molar-refractivity contribution in [2.75, 3.05) is 24.3 Å². The lowest BCUT2D eigenvalue weighted by atomic mass is 10.1. The molecule has 0 aliphatic rings. The number of benzene rings is 2. The van der Waals surface area contributed by atoms with E-state index in [0.29, 0.717) is 29.6 Å². The molecule has 3 aromatic rings. The number of nitrogens with zero attached hydrogens (tertiary/aromatic N) is 2. The number of carbonyl (C=O) groups excluding carboxylic acids is 1. The van der Waals surface area contributed by atoms with Gasteiger partial charge in [-0.1, -0.05) is 18.2 Å². The summed E-state index contributed by atoms with van der Waals surface area (Å²) in [5, 5.41) is 6.28. The van der Waals surface area contributed by atoms with Crippen molar-refractivity contribution in [2.45, 2.75) is 6.42 Å². The average molecular weight is 366 g/mol. The van der Waals surface area contributed by atoms with E-state index in [1.807, 2.05) is 6.07 Å². The van der Waals surface area contributed by atoms with Crippen LogP contribution in [0.2, 0.25) is 0 Å². The molecule has 0 saturated carbocycles. The zero-order valence-electron chi connectivity index (χ0n) is 14.8. The monoisotopic (exact) mass is 366 g/mol. The maximum atomic E-state index is 12.9. The molecular formula is C20H19FN4O2. The van der Waals surface area contributed by atoms with Gasteiger partial charge in [-0.3, -0.25) is 0 Å². The number of anilines is 3. The van der Waals surface area contributed by atoms with E-state index < -0.39 is 5.97 Å². The maximum Gasteiger partial charge on any atom is 0.337 e. The first-order chi connectivity index (χ1) is 13.1. The summed E-state index contributed by atoms with van der Waals surface area (Å²) in [6, 6.07) is 15.1. The van der Waals surface area contributed by atoms with Crippen molar-refractivity contribution in [3.05, 3.63) is 77.7 Å². The fraction of sp³-hybridized carbons (Fsp3) is 0.150. The van der Waals surface area contributed by atoms with Crippen LogP contribution < -0.4 is 10.6 Å². The number of aromatic nitrogens is 2. The van der Waals surface area contributed by atoms with Crippen molar-refractivity contribution < 1.29 is 13.9 Å². The summed E-state index contributed by atoms with van der Waals surface area (Å²) in [7, 11) is 1.34. The number of methoxy groups -OCH3 is 1. The van der Waals surface area contributed by atoms with Crippen LogP contribution in [0.1, 0.15) is 15.9 Å². The van der Waals surface area contributed by atoms with Crippen LogP contribution in [-0.2, 0) is 11.2 Å². The van der Waals surface area contributed by atoms with Gasteiger partial charge in [-0.05, 0) is 48.4 Å². The maximum absolute atomic E-state index is 12.9. The molecule has 0 unspecified atom stereocenters. The molecule has 2 N–H and O–H groups in total. The van der Waals surface area contributed by atoms with Crippen LogP contribution in [0, 0.1) is 5.82 Å². The SMILES string of the molecule is COC(=O)c1cccc(Nc2nccc(NCCc3ccc(F)cc3)n2)c1. The minimum Gasteiger partial charge on any atom is -0.465 e. The first-order valence-corrected chi connectivity index (χ1v) is 8.41. The second kappa shape index (κ2) is 8.75. The van der Waals surface area contributed by atoms with Gasteiger partial charge in [0, 0.05) is 18.4 Å². The molecule has 0 fully saturated rings. The van der Waals surface area contributed by atoms with Crippen molar-refractivity contribution in [3.8, 4) is 0 Å². The average Bonchev–Trinajstić information content (AvgIpc) is 2.69. The molecule has 0 radical (unpaired) electrons. The number of rotatable bonds is 7. The lowest BCUT2D eigenvalue weighted by molar-refractivity contribution is 0.0601. The fourth-order valence-electron chi connectivity index (χ4n) is 2.47. The molecule has 0 saturated heterocycles. The Bertz CT molecular complexity index is 916. The van der Waals surface area contributed by atoms with Crippen molar-refractivity contribution in [3.63, 3.8) is 0 Å². The summed E-state index contributed by atoms with van der Waals surface area (Å²) in [6.07, 6.45) is 2.38. The predicted octanol–water partition coefficient (Wildman–Crippen LogP) is 3.80. The lowest BCUT2D eigenvalue weighted by Gasteiger charge is -2.09. The zero-order valence-corrected chi connectivity index (χ0v) is 14.8. The van der Waals surface area contributed by atoms with Crippen LogP contribution >= 0.6 is 0 Å². The van der Waals surface area contributed by atoms with E-state index in [4.69, 9.17) is 4.74 Å². The van der Waals surface area contributed by atoms with Crippen molar-refractivity contribution >= 4 is 23.4 Å². The Hall–Kier alpha value is -3.48. The molecule has 3 rings (SSSR count). The molecule has 1 heterocycles. The number of hydrogen-bond acceptors (Lipinski definition) is 6. The Morgan fingerprint density at radius 1 is 1.15 bits per heavy atom. The quantitative estimate of drug-likeness (QED) is 0.620. The largest absolute Gasteiger partial charge is 0.465 e. The van der Waals surface area contributed by atoms with Gasteiger partial charge in [0.15, 0.2) is 0 Å². The van der Waals surface area contributed by atoms with E-state index in [0.717, 1.165) is 12.0 Å². The predicted molar refractivity (Wildman–Crippen MR) is 102 cm³/mol. The Labute approximate surface area is 156 Å². The molecule has 0 bridgehead atoms. The Morgan fingerprint density at radius 2 is 1.96 bits per heavy atom. The van der Waals surface area contributed by atoms with E-state index in [-0.39, 0.29) is 5.82 Å². The van der Waals surface area contributed by atoms with E-state index in [9.17, 15) is 9.18 Å². The smallest absolute Gasteiger partial charge is 0.337 e. The van der Waals surface area contributed by atoms with Gasteiger partial charge >= 0.3 is 5.97 Å². The van der Waals surface area contributed by atoms with Gasteiger partial charge in [-0.2, -0.15) is 4.98 Å². The lowest BCUT2D eigenvalue weighted by Crippen LogP contribution is -2.08. The molecule has 6 nitrogen and oxygen atoms in total. The van der Waals surface area contributed by atoms with Gasteiger partial charge in [0.05, 0.1) is 12.7 Å². The molecular weight excluding hydrogens is 347 g/mol. The van der Waals surface area contributed by atoms with Gasteiger partial charge in [-0.15, -0.1) is 0 Å². The first-order valence-electron chi connectivity index (χ1n) is 8.41. The zero-order chi connectivity index (χ0) is 19.1. The van der Waals surface area contributed by atoms with E-state index >= 15 is 0 Å². The van der Waals surface area contributed by atoms with Crippen molar-refractivity contribution in [1.29, 1.82) is 0 Å². The standard InChI is InChI=1S/C20H19FN4O2/c1-27-19(26)15-3-2-4-17(13-15)24-20-23-12-10-18(25-20)22-11-9-14-5-7-16(21)8-6-14/h2-8,10,12-13H,9,11H2,1H3,(H2,22,23,24,25). The van der Waals surface area contributed by atoms with Crippen molar-refractivity contribution in [2.24, 2.45) is 0 Å². The molecule has 0 aliphatic heterocycles. The molecule has 0 atom stereocenters. The Kier molecular flexibility index (Phi) is 5.94. The minimum absolute atomic E-state index is 0.241. The fourth-order valence-corrected chi connectivity index (χ4v) is 2.47. The highest BCUT2D eigenvalue weighted by molar-refractivity contribution is 5.90. The molecule has 0 spiro atoms. The number of hydrogen-bond donors (Lipinski definition) is 2. The van der Waals surface area contributed by atoms with E-state index in [1.165, 1.54) is 19.2 Å². The van der Waals surface area contributed by atoms with Gasteiger partial charge in [0.2, 0.25) is 5.95 Å². The van der Waals surface area contributed by atoms with Crippen molar-refractivity contribution in [1.82, 2.24) is 9.97 Å². The molecule has 0 amide bonds. The number of halogens is 1. The number of nitrogens with one attached hydrogen (secondary N) is 2. The number of carbonyl (C=O) groups is 1.